The van der Waals surface area contributed by atoms with Gasteiger partial charge >= 0.3 is 0 Å². The fraction of sp³-hybridized carbons (Fsp3) is 0.250. The van der Waals surface area contributed by atoms with Crippen LogP contribution in [0.3, 0.4) is 0 Å². The molecule has 3 rings (SSSR count). The molecule has 0 aromatic heterocycles. The Morgan fingerprint density at radius 3 is 2.60 bits per heavy atom. The van der Waals surface area contributed by atoms with Crippen LogP contribution in [-0.2, 0) is 19.5 Å². The second-order valence-electron chi connectivity index (χ2n) is 4.82. The predicted molar refractivity (Wildman–Crippen MR) is 87.9 cm³/mol. The van der Waals surface area contributed by atoms with Gasteiger partial charge in [0.05, 0.1) is 0 Å². The van der Waals surface area contributed by atoms with Gasteiger partial charge < -0.3 is 10.6 Å². The monoisotopic (exact) mass is 308 g/mol. The highest BCUT2D eigenvalue weighted by Gasteiger charge is 2.12. The van der Waals surface area contributed by atoms with Crippen LogP contribution in [0.15, 0.2) is 42.5 Å². The molecule has 0 saturated carbocycles. The van der Waals surface area contributed by atoms with Gasteiger partial charge in [0.2, 0.25) is 0 Å². The summed E-state index contributed by atoms with van der Waals surface area (Å²) in [4.78, 5) is 0. The van der Waals surface area contributed by atoms with E-state index < -0.39 is 0 Å². The number of rotatable bonds is 4. The molecule has 0 unspecified atom stereocenters. The Bertz CT molecular complexity index is 584. The number of fused-ring (bicyclic) bond motifs is 1. The van der Waals surface area contributed by atoms with Crippen molar-refractivity contribution in [2.24, 2.45) is 0 Å². The fourth-order valence-corrected chi connectivity index (χ4v) is 2.73. The Morgan fingerprint density at radius 1 is 1.00 bits per heavy atom. The molecule has 0 spiro atoms. The lowest BCUT2D eigenvalue weighted by Crippen LogP contribution is -2.14. The average Bonchev–Trinajstić information content (AvgIpc) is 2.90. The molecule has 0 radical (unpaired) electrons. The normalized spacial score (nSPS) is 12.4. The van der Waals surface area contributed by atoms with Crippen LogP contribution in [0.4, 0.5) is 5.69 Å². The van der Waals surface area contributed by atoms with E-state index in [2.05, 4.69) is 34.9 Å². The Morgan fingerprint density at radius 2 is 1.75 bits per heavy atom. The van der Waals surface area contributed by atoms with Gasteiger partial charge in [0, 0.05) is 30.3 Å². The molecule has 0 amide bonds. The molecule has 0 bridgehead atoms. The van der Waals surface area contributed by atoms with E-state index in [0.29, 0.717) is 0 Å². The van der Waals surface area contributed by atoms with Gasteiger partial charge in [0.15, 0.2) is 0 Å². The van der Waals surface area contributed by atoms with Crippen molar-refractivity contribution in [1.82, 2.24) is 5.32 Å². The third kappa shape index (κ3) is 3.26. The standard InChI is InChI=1S/C16H17ClN2.ClH/c17-15-7-2-1-4-13(15)10-18-11-14-6-3-5-12-8-9-19-16(12)14;/h1-7,18-19H,8-11H2;1H. The zero-order chi connectivity index (χ0) is 13.1. The van der Waals surface area contributed by atoms with Crippen LogP contribution in [0.5, 0.6) is 0 Å². The minimum absolute atomic E-state index is 0. The van der Waals surface area contributed by atoms with Gasteiger partial charge in [0.1, 0.15) is 0 Å². The third-order valence-corrected chi connectivity index (χ3v) is 3.89. The van der Waals surface area contributed by atoms with E-state index >= 15 is 0 Å². The van der Waals surface area contributed by atoms with Crippen molar-refractivity contribution in [1.29, 1.82) is 0 Å². The summed E-state index contributed by atoms with van der Waals surface area (Å²) in [6.45, 7) is 2.71. The number of nitrogens with one attached hydrogen (secondary N) is 2. The van der Waals surface area contributed by atoms with Crippen molar-refractivity contribution in [2.45, 2.75) is 19.5 Å². The summed E-state index contributed by atoms with van der Waals surface area (Å²) < 4.78 is 0. The summed E-state index contributed by atoms with van der Waals surface area (Å²) in [5.41, 5.74) is 5.22. The summed E-state index contributed by atoms with van der Waals surface area (Å²) in [5, 5.41) is 7.75. The molecule has 0 aliphatic carbocycles. The van der Waals surface area contributed by atoms with E-state index in [1.54, 1.807) is 0 Å². The Hall–Kier alpha value is -1.22. The summed E-state index contributed by atoms with van der Waals surface area (Å²) in [6.07, 6.45) is 1.13. The Balaban J connectivity index is 0.00000147. The number of para-hydroxylation sites is 1. The zero-order valence-corrected chi connectivity index (χ0v) is 12.7. The highest BCUT2D eigenvalue weighted by molar-refractivity contribution is 6.31. The van der Waals surface area contributed by atoms with Crippen molar-refractivity contribution < 1.29 is 0 Å². The quantitative estimate of drug-likeness (QED) is 0.891. The molecule has 20 heavy (non-hydrogen) atoms. The van der Waals surface area contributed by atoms with Gasteiger partial charge in [-0.3, -0.25) is 0 Å². The molecular formula is C16H18Cl2N2. The summed E-state index contributed by atoms with van der Waals surface area (Å²) >= 11 is 6.15. The minimum Gasteiger partial charge on any atom is -0.384 e. The van der Waals surface area contributed by atoms with Gasteiger partial charge in [0.25, 0.3) is 0 Å². The van der Waals surface area contributed by atoms with E-state index in [1.807, 2.05) is 18.2 Å². The molecule has 2 nitrogen and oxygen atoms in total. The fourth-order valence-electron chi connectivity index (χ4n) is 2.53. The van der Waals surface area contributed by atoms with Gasteiger partial charge in [-0.15, -0.1) is 12.4 Å². The molecule has 0 saturated heterocycles. The molecule has 1 aliphatic rings. The number of anilines is 1. The minimum atomic E-state index is 0. The van der Waals surface area contributed by atoms with Crippen molar-refractivity contribution >= 4 is 29.7 Å². The second kappa shape index (κ2) is 6.98. The van der Waals surface area contributed by atoms with Crippen molar-refractivity contribution in [2.75, 3.05) is 11.9 Å². The van der Waals surface area contributed by atoms with Gasteiger partial charge in [-0.05, 0) is 29.2 Å². The van der Waals surface area contributed by atoms with E-state index in [9.17, 15) is 0 Å². The average molecular weight is 309 g/mol. The largest absolute Gasteiger partial charge is 0.384 e. The Labute approximate surface area is 130 Å². The second-order valence-corrected chi connectivity index (χ2v) is 5.23. The summed E-state index contributed by atoms with van der Waals surface area (Å²) in [7, 11) is 0. The van der Waals surface area contributed by atoms with Crippen molar-refractivity contribution in [3.63, 3.8) is 0 Å². The van der Waals surface area contributed by atoms with Crippen LogP contribution in [0.25, 0.3) is 0 Å². The number of hydrogen-bond donors (Lipinski definition) is 2. The molecule has 0 atom stereocenters. The SMILES string of the molecule is Cl.Clc1ccccc1CNCc1cccc2c1NCC2. The van der Waals surface area contributed by atoms with E-state index in [0.717, 1.165) is 36.6 Å². The topological polar surface area (TPSA) is 24.1 Å². The van der Waals surface area contributed by atoms with Crippen molar-refractivity contribution in [3.8, 4) is 0 Å². The van der Waals surface area contributed by atoms with Crippen molar-refractivity contribution in [3.05, 3.63) is 64.2 Å². The predicted octanol–water partition coefficient (Wildman–Crippen LogP) is 4.02. The van der Waals surface area contributed by atoms with Gasteiger partial charge in [-0.1, -0.05) is 48.0 Å². The maximum atomic E-state index is 6.15. The van der Waals surface area contributed by atoms with E-state index in [1.165, 1.54) is 16.8 Å². The van der Waals surface area contributed by atoms with Crippen LogP contribution in [0.1, 0.15) is 16.7 Å². The first-order chi connectivity index (χ1) is 9.34. The zero-order valence-electron chi connectivity index (χ0n) is 11.2. The van der Waals surface area contributed by atoms with Crippen LogP contribution >= 0.6 is 24.0 Å². The van der Waals surface area contributed by atoms with Crippen LogP contribution in [0, 0.1) is 0 Å². The van der Waals surface area contributed by atoms with Crippen LogP contribution in [-0.4, -0.2) is 6.54 Å². The molecule has 106 valence electrons. The number of benzene rings is 2. The van der Waals surface area contributed by atoms with Crippen LogP contribution < -0.4 is 10.6 Å². The smallest absolute Gasteiger partial charge is 0.0450 e. The maximum absolute atomic E-state index is 6.15. The maximum Gasteiger partial charge on any atom is 0.0450 e. The van der Waals surface area contributed by atoms with E-state index in [-0.39, 0.29) is 12.4 Å². The van der Waals surface area contributed by atoms with Gasteiger partial charge in [-0.2, -0.15) is 0 Å². The third-order valence-electron chi connectivity index (χ3n) is 3.52. The molecule has 2 aromatic rings. The molecule has 1 heterocycles. The highest BCUT2D eigenvalue weighted by atomic mass is 35.5. The lowest BCUT2D eigenvalue weighted by Gasteiger charge is -2.10. The molecule has 2 aromatic carbocycles. The first-order valence-corrected chi connectivity index (χ1v) is 7.01. The summed E-state index contributed by atoms with van der Waals surface area (Å²) in [6, 6.07) is 14.5. The number of halogens is 2. The lowest BCUT2D eigenvalue weighted by atomic mass is 10.1. The van der Waals surface area contributed by atoms with Gasteiger partial charge in [-0.25, -0.2) is 0 Å². The molecular weight excluding hydrogens is 291 g/mol. The lowest BCUT2D eigenvalue weighted by molar-refractivity contribution is 0.694. The van der Waals surface area contributed by atoms with Crippen LogP contribution in [0.2, 0.25) is 5.02 Å². The summed E-state index contributed by atoms with van der Waals surface area (Å²) in [5.74, 6) is 0. The highest BCUT2D eigenvalue weighted by Crippen LogP contribution is 2.26. The molecule has 0 fully saturated rings. The number of hydrogen-bond acceptors (Lipinski definition) is 2. The molecule has 1 aliphatic heterocycles. The molecule has 4 heteroatoms. The first-order valence-electron chi connectivity index (χ1n) is 6.63. The first kappa shape index (κ1) is 15.2. The van der Waals surface area contributed by atoms with E-state index in [4.69, 9.17) is 11.6 Å². The molecule has 2 N–H and O–H groups in total. The Kier molecular flexibility index (Phi) is 5.30.